The molecule has 0 saturated heterocycles. The molecule has 1 fully saturated rings. The van der Waals surface area contributed by atoms with E-state index in [1.165, 1.54) is 31.2 Å². The molecular formula is C18H23NO2S. The van der Waals surface area contributed by atoms with Gasteiger partial charge in [0.05, 0.1) is 12.8 Å². The van der Waals surface area contributed by atoms with Gasteiger partial charge in [-0.15, -0.1) is 0 Å². The summed E-state index contributed by atoms with van der Waals surface area (Å²) in [5.41, 5.74) is 1.20. The molecule has 0 unspecified atom stereocenters. The first kappa shape index (κ1) is 15.3. The molecule has 0 atom stereocenters. The lowest BCUT2D eigenvalue weighted by Gasteiger charge is -2.22. The van der Waals surface area contributed by atoms with E-state index in [9.17, 15) is 4.79 Å². The third-order valence-electron chi connectivity index (χ3n) is 4.47. The number of thiophene rings is 1. The average molecular weight is 317 g/mol. The largest absolute Gasteiger partial charge is 0.467 e. The lowest BCUT2D eigenvalue weighted by molar-refractivity contribution is -0.133. The minimum absolute atomic E-state index is 0.245. The molecule has 1 aliphatic carbocycles. The van der Waals surface area contributed by atoms with E-state index in [2.05, 4.69) is 16.8 Å². The smallest absolute Gasteiger partial charge is 0.223 e. The van der Waals surface area contributed by atoms with E-state index in [1.54, 1.807) is 17.6 Å². The zero-order valence-corrected chi connectivity index (χ0v) is 13.7. The van der Waals surface area contributed by atoms with Crippen molar-refractivity contribution < 1.29 is 9.21 Å². The molecule has 118 valence electrons. The molecule has 0 radical (unpaired) electrons. The number of carbonyl (C=O) groups excluding carboxylic acids is 1. The third-order valence-corrected chi connectivity index (χ3v) is 5.21. The maximum absolute atomic E-state index is 12.6. The standard InChI is InChI=1S/C18H23NO2S/c20-18(8-7-15-4-1-2-5-15)19(12-16-9-11-22-14-16)13-17-6-3-10-21-17/h3,6,9-11,14-15H,1-2,4-5,7-8,12-13H2. The normalized spacial score (nSPS) is 15.3. The van der Waals surface area contributed by atoms with Gasteiger partial charge in [0.25, 0.3) is 0 Å². The van der Waals surface area contributed by atoms with Crippen molar-refractivity contribution in [2.45, 2.75) is 51.6 Å². The fourth-order valence-corrected chi connectivity index (χ4v) is 3.87. The second kappa shape index (κ2) is 7.63. The predicted molar refractivity (Wildman–Crippen MR) is 88.5 cm³/mol. The second-order valence-corrected chi connectivity index (χ2v) is 6.93. The molecule has 0 aliphatic heterocycles. The molecule has 0 spiro atoms. The van der Waals surface area contributed by atoms with Crippen LogP contribution in [0.15, 0.2) is 39.6 Å². The van der Waals surface area contributed by atoms with Crippen molar-refractivity contribution in [3.8, 4) is 0 Å². The Morgan fingerprint density at radius 3 is 2.82 bits per heavy atom. The Morgan fingerprint density at radius 2 is 2.14 bits per heavy atom. The quantitative estimate of drug-likeness (QED) is 0.732. The van der Waals surface area contributed by atoms with Gasteiger partial charge in [-0.2, -0.15) is 11.3 Å². The summed E-state index contributed by atoms with van der Waals surface area (Å²) in [5, 5.41) is 4.17. The Bertz CT molecular complexity index is 520. The van der Waals surface area contributed by atoms with E-state index in [1.807, 2.05) is 17.0 Å². The van der Waals surface area contributed by atoms with Crippen LogP contribution in [0.1, 0.15) is 49.8 Å². The van der Waals surface area contributed by atoms with Gasteiger partial charge in [0, 0.05) is 13.0 Å². The number of hydrogen-bond donors (Lipinski definition) is 0. The van der Waals surface area contributed by atoms with Gasteiger partial charge in [-0.05, 0) is 46.9 Å². The molecule has 22 heavy (non-hydrogen) atoms. The summed E-state index contributed by atoms with van der Waals surface area (Å²) < 4.78 is 5.42. The van der Waals surface area contributed by atoms with Gasteiger partial charge in [0.1, 0.15) is 5.76 Å². The van der Waals surface area contributed by atoms with Crippen LogP contribution in [-0.4, -0.2) is 10.8 Å². The molecule has 1 amide bonds. The number of rotatable bonds is 7. The van der Waals surface area contributed by atoms with Gasteiger partial charge < -0.3 is 9.32 Å². The molecule has 2 aromatic rings. The van der Waals surface area contributed by atoms with E-state index >= 15 is 0 Å². The Balaban J connectivity index is 1.59. The van der Waals surface area contributed by atoms with E-state index < -0.39 is 0 Å². The zero-order valence-electron chi connectivity index (χ0n) is 12.9. The molecule has 0 bridgehead atoms. The average Bonchev–Trinajstić information content (AvgIpc) is 3.27. The van der Waals surface area contributed by atoms with Gasteiger partial charge in [-0.1, -0.05) is 25.7 Å². The van der Waals surface area contributed by atoms with Gasteiger partial charge >= 0.3 is 0 Å². The van der Waals surface area contributed by atoms with Crippen molar-refractivity contribution in [2.75, 3.05) is 0 Å². The van der Waals surface area contributed by atoms with Crippen molar-refractivity contribution in [1.29, 1.82) is 0 Å². The zero-order chi connectivity index (χ0) is 15.2. The van der Waals surface area contributed by atoms with Crippen molar-refractivity contribution >= 4 is 17.2 Å². The number of nitrogens with zero attached hydrogens (tertiary/aromatic N) is 1. The van der Waals surface area contributed by atoms with Gasteiger partial charge in [-0.3, -0.25) is 4.79 Å². The Labute approximate surface area is 135 Å². The highest BCUT2D eigenvalue weighted by Gasteiger charge is 2.20. The molecular weight excluding hydrogens is 294 g/mol. The Kier molecular flexibility index (Phi) is 5.33. The summed E-state index contributed by atoms with van der Waals surface area (Å²) in [6.45, 7) is 1.24. The minimum atomic E-state index is 0.245. The highest BCUT2D eigenvalue weighted by atomic mass is 32.1. The molecule has 0 aromatic carbocycles. The van der Waals surface area contributed by atoms with Gasteiger partial charge in [0.2, 0.25) is 5.91 Å². The molecule has 1 saturated carbocycles. The molecule has 0 N–H and O–H groups in total. The topological polar surface area (TPSA) is 33.5 Å². The molecule has 3 rings (SSSR count). The van der Waals surface area contributed by atoms with Crippen LogP contribution >= 0.6 is 11.3 Å². The first-order valence-corrected chi connectivity index (χ1v) is 9.07. The number of amides is 1. The van der Waals surface area contributed by atoms with Crippen LogP contribution in [0.25, 0.3) is 0 Å². The molecule has 3 nitrogen and oxygen atoms in total. The fourth-order valence-electron chi connectivity index (χ4n) is 3.21. The van der Waals surface area contributed by atoms with Crippen LogP contribution < -0.4 is 0 Å². The van der Waals surface area contributed by atoms with E-state index in [-0.39, 0.29) is 5.91 Å². The molecule has 2 aromatic heterocycles. The van der Waals surface area contributed by atoms with E-state index in [0.29, 0.717) is 19.5 Å². The molecule has 4 heteroatoms. The van der Waals surface area contributed by atoms with Crippen molar-refractivity contribution in [3.63, 3.8) is 0 Å². The lowest BCUT2D eigenvalue weighted by atomic mass is 10.0. The summed E-state index contributed by atoms with van der Waals surface area (Å²) in [5.74, 6) is 1.86. The Hall–Kier alpha value is -1.55. The van der Waals surface area contributed by atoms with E-state index in [4.69, 9.17) is 4.42 Å². The predicted octanol–water partition coefficient (Wildman–Crippen LogP) is 4.84. The first-order chi connectivity index (χ1) is 10.8. The van der Waals surface area contributed by atoms with Crippen LogP contribution in [-0.2, 0) is 17.9 Å². The van der Waals surface area contributed by atoms with Crippen LogP contribution in [0.4, 0.5) is 0 Å². The maximum Gasteiger partial charge on any atom is 0.223 e. The first-order valence-electron chi connectivity index (χ1n) is 8.12. The summed E-state index contributed by atoms with van der Waals surface area (Å²) in [4.78, 5) is 14.6. The number of furan rings is 1. The molecule has 1 aliphatic rings. The monoisotopic (exact) mass is 317 g/mol. The van der Waals surface area contributed by atoms with Crippen molar-refractivity contribution in [3.05, 3.63) is 46.5 Å². The number of carbonyl (C=O) groups is 1. The number of hydrogen-bond acceptors (Lipinski definition) is 3. The maximum atomic E-state index is 12.6. The van der Waals surface area contributed by atoms with Crippen LogP contribution in [0, 0.1) is 5.92 Å². The minimum Gasteiger partial charge on any atom is -0.467 e. The van der Waals surface area contributed by atoms with Gasteiger partial charge in [-0.25, -0.2) is 0 Å². The van der Waals surface area contributed by atoms with Crippen molar-refractivity contribution in [2.24, 2.45) is 5.92 Å². The third kappa shape index (κ3) is 4.23. The summed E-state index contributed by atoms with van der Waals surface area (Å²) in [7, 11) is 0. The van der Waals surface area contributed by atoms with E-state index in [0.717, 1.165) is 18.1 Å². The highest BCUT2D eigenvalue weighted by molar-refractivity contribution is 7.07. The van der Waals surface area contributed by atoms with Crippen LogP contribution in [0.2, 0.25) is 0 Å². The molecule has 2 heterocycles. The van der Waals surface area contributed by atoms with Gasteiger partial charge in [0.15, 0.2) is 0 Å². The second-order valence-electron chi connectivity index (χ2n) is 6.15. The van der Waals surface area contributed by atoms with Crippen LogP contribution in [0.5, 0.6) is 0 Å². The highest BCUT2D eigenvalue weighted by Crippen LogP contribution is 2.29. The van der Waals surface area contributed by atoms with Crippen molar-refractivity contribution in [1.82, 2.24) is 4.90 Å². The fraction of sp³-hybridized carbons (Fsp3) is 0.500. The summed E-state index contributed by atoms with van der Waals surface area (Å²) in [6.07, 6.45) is 8.65. The summed E-state index contributed by atoms with van der Waals surface area (Å²) >= 11 is 1.67. The Morgan fingerprint density at radius 1 is 1.27 bits per heavy atom. The van der Waals surface area contributed by atoms with Crippen LogP contribution in [0.3, 0.4) is 0 Å². The lowest BCUT2D eigenvalue weighted by Crippen LogP contribution is -2.30. The summed E-state index contributed by atoms with van der Waals surface area (Å²) in [6, 6.07) is 5.90. The SMILES string of the molecule is O=C(CCC1CCCC1)N(Cc1ccsc1)Cc1ccco1.